The molecule has 0 saturated carbocycles. The Morgan fingerprint density at radius 1 is 1.48 bits per heavy atom. The molecule has 10 nitrogen and oxygen atoms in total. The van der Waals surface area contributed by atoms with E-state index in [-0.39, 0.29) is 28.5 Å². The molecule has 2 fully saturated rings. The lowest BCUT2D eigenvalue weighted by atomic mass is 9.94. The van der Waals surface area contributed by atoms with Crippen molar-refractivity contribution in [2.24, 2.45) is 5.92 Å². The van der Waals surface area contributed by atoms with Gasteiger partial charge in [0.05, 0.1) is 0 Å². The number of aromatic nitrogens is 4. The lowest BCUT2D eigenvalue weighted by Crippen LogP contribution is -2.68. The number of tetrazole rings is 1. The Morgan fingerprint density at radius 2 is 2.20 bits per heavy atom. The average Bonchev–Trinajstić information content (AvgIpc) is 3.13. The van der Waals surface area contributed by atoms with Gasteiger partial charge in [0.15, 0.2) is 5.82 Å². The Bertz CT molecular complexity index is 694. The van der Waals surface area contributed by atoms with Crippen molar-refractivity contribution in [2.45, 2.75) is 55.8 Å². The Kier molecular flexibility index (Phi) is 4.43. The van der Waals surface area contributed by atoms with Gasteiger partial charge in [0, 0.05) is 4.75 Å². The van der Waals surface area contributed by atoms with Crippen molar-refractivity contribution in [3.8, 4) is 0 Å². The second-order valence-corrected chi connectivity index (χ2v) is 8.48. The van der Waals surface area contributed by atoms with Gasteiger partial charge >= 0.3 is 5.97 Å². The maximum atomic E-state index is 12.6. The maximum Gasteiger partial charge on any atom is 0.316 e. The number of carboxylic acid groups (broad SMARTS) is 1. The summed E-state index contributed by atoms with van der Waals surface area (Å²) in [5, 5.41) is 25.3. The minimum atomic E-state index is -1.17. The number of aromatic amines is 1. The molecule has 0 bridgehead atoms. The van der Waals surface area contributed by atoms with Crippen molar-refractivity contribution in [1.29, 1.82) is 0 Å². The number of nitrogens with one attached hydrogen (secondary N) is 2. The van der Waals surface area contributed by atoms with Crippen LogP contribution in [-0.2, 0) is 14.4 Å². The van der Waals surface area contributed by atoms with Crippen molar-refractivity contribution in [3.63, 3.8) is 0 Å². The number of fused-ring (bicyclic) bond motifs is 1. The molecule has 1 aromatic heterocycles. The monoisotopic (exact) mass is 368 g/mol. The maximum absolute atomic E-state index is 12.6. The highest BCUT2D eigenvalue weighted by Crippen LogP contribution is 2.56. The molecule has 2 aliphatic rings. The van der Waals surface area contributed by atoms with Crippen LogP contribution in [0.2, 0.25) is 0 Å². The molecular formula is C14H20N6O4S. The molecule has 3 heterocycles. The van der Waals surface area contributed by atoms with Crippen LogP contribution in [0.15, 0.2) is 0 Å². The molecule has 136 valence electrons. The molecule has 4 unspecified atom stereocenters. The SMILES string of the molecule is CCCC(C(=O)O)C(=O)NC1C(=O)N2C1SC(C)(C)C2c1nnn[nH]1. The summed E-state index contributed by atoms with van der Waals surface area (Å²) in [4.78, 5) is 37.8. The zero-order valence-electron chi connectivity index (χ0n) is 14.1. The Labute approximate surface area is 148 Å². The number of H-pyrrole nitrogens is 1. The Balaban J connectivity index is 1.75. The largest absolute Gasteiger partial charge is 0.481 e. The van der Waals surface area contributed by atoms with Crippen molar-refractivity contribution in [1.82, 2.24) is 30.8 Å². The molecule has 0 radical (unpaired) electrons. The van der Waals surface area contributed by atoms with E-state index in [9.17, 15) is 19.5 Å². The summed E-state index contributed by atoms with van der Waals surface area (Å²) in [6.07, 6.45) is 0.808. The number of carbonyl (C=O) groups excluding carboxylic acids is 2. The van der Waals surface area contributed by atoms with E-state index in [0.717, 1.165) is 0 Å². The highest BCUT2D eigenvalue weighted by molar-refractivity contribution is 8.01. The number of hydrogen-bond acceptors (Lipinski definition) is 7. The summed E-state index contributed by atoms with van der Waals surface area (Å²) in [7, 11) is 0. The molecule has 0 aromatic carbocycles. The first kappa shape index (κ1) is 17.6. The number of hydrogen-bond donors (Lipinski definition) is 3. The number of carboxylic acids is 1. The van der Waals surface area contributed by atoms with Crippen LogP contribution in [0.4, 0.5) is 0 Å². The average molecular weight is 368 g/mol. The number of carbonyl (C=O) groups is 3. The molecule has 3 N–H and O–H groups in total. The first-order valence-corrected chi connectivity index (χ1v) is 8.92. The van der Waals surface area contributed by atoms with Crippen LogP contribution >= 0.6 is 11.8 Å². The van der Waals surface area contributed by atoms with Gasteiger partial charge in [-0.2, -0.15) is 0 Å². The van der Waals surface area contributed by atoms with Crippen molar-refractivity contribution < 1.29 is 19.5 Å². The number of amides is 2. The molecule has 4 atom stereocenters. The minimum Gasteiger partial charge on any atom is -0.481 e. The minimum absolute atomic E-state index is 0.238. The second-order valence-electron chi connectivity index (χ2n) is 6.71. The highest BCUT2D eigenvalue weighted by atomic mass is 32.2. The van der Waals surface area contributed by atoms with E-state index in [2.05, 4.69) is 25.9 Å². The number of thioether (sulfide) groups is 1. The van der Waals surface area contributed by atoms with Crippen LogP contribution in [0, 0.1) is 5.92 Å². The smallest absolute Gasteiger partial charge is 0.316 e. The molecule has 11 heteroatoms. The summed E-state index contributed by atoms with van der Waals surface area (Å²) in [6.45, 7) is 5.77. The fourth-order valence-electron chi connectivity index (χ4n) is 3.38. The van der Waals surface area contributed by atoms with E-state index in [1.807, 2.05) is 20.8 Å². The van der Waals surface area contributed by atoms with Gasteiger partial charge in [-0.3, -0.25) is 14.4 Å². The van der Waals surface area contributed by atoms with Crippen LogP contribution in [0.5, 0.6) is 0 Å². The summed E-state index contributed by atoms with van der Waals surface area (Å²) in [5.41, 5.74) is 0. The Morgan fingerprint density at radius 3 is 2.76 bits per heavy atom. The van der Waals surface area contributed by atoms with Crippen molar-refractivity contribution in [3.05, 3.63) is 5.82 Å². The summed E-state index contributed by atoms with van der Waals surface area (Å²) in [6, 6.07) is -1.06. The van der Waals surface area contributed by atoms with E-state index in [4.69, 9.17) is 0 Å². The summed E-state index contributed by atoms with van der Waals surface area (Å²) in [5.74, 6) is -2.69. The standard InChI is InChI=1S/C14H20N6O4S/c1-4-5-6(13(23)24)10(21)15-7-11(22)20-8(9-16-18-19-17-9)14(2,3)25-12(7)20/h6-8,12H,4-5H2,1-3H3,(H,15,21)(H,23,24)(H,16,17,18,19). The van der Waals surface area contributed by atoms with Gasteiger partial charge in [-0.1, -0.05) is 13.3 Å². The highest BCUT2D eigenvalue weighted by Gasteiger charge is 2.63. The van der Waals surface area contributed by atoms with Crippen LogP contribution in [0.1, 0.15) is 45.5 Å². The van der Waals surface area contributed by atoms with Gasteiger partial charge in [0.2, 0.25) is 11.8 Å². The van der Waals surface area contributed by atoms with Gasteiger partial charge in [0.25, 0.3) is 0 Å². The predicted molar refractivity (Wildman–Crippen MR) is 87.2 cm³/mol. The normalized spacial score (nSPS) is 28.2. The van der Waals surface area contributed by atoms with Crippen LogP contribution in [0.25, 0.3) is 0 Å². The predicted octanol–water partition coefficient (Wildman–Crippen LogP) is -0.0798. The zero-order valence-corrected chi connectivity index (χ0v) is 14.9. The first-order chi connectivity index (χ1) is 11.8. The fraction of sp³-hybridized carbons (Fsp3) is 0.714. The van der Waals surface area contributed by atoms with Gasteiger partial charge in [-0.25, -0.2) is 5.10 Å². The lowest BCUT2D eigenvalue weighted by Gasteiger charge is -2.44. The topological polar surface area (TPSA) is 141 Å². The molecule has 2 aliphatic heterocycles. The third-order valence-corrected chi connectivity index (χ3v) is 6.12. The molecule has 0 aliphatic carbocycles. The van der Waals surface area contributed by atoms with Crippen molar-refractivity contribution >= 4 is 29.5 Å². The van der Waals surface area contributed by atoms with Crippen LogP contribution in [-0.4, -0.2) is 64.6 Å². The van der Waals surface area contributed by atoms with E-state index in [1.54, 1.807) is 4.90 Å². The molecule has 3 rings (SSSR count). The Hall–Kier alpha value is -2.17. The lowest BCUT2D eigenvalue weighted by molar-refractivity contribution is -0.155. The molecule has 2 saturated heterocycles. The number of aliphatic carboxylic acids is 1. The van der Waals surface area contributed by atoms with Crippen LogP contribution < -0.4 is 5.32 Å². The third kappa shape index (κ3) is 2.86. The summed E-state index contributed by atoms with van der Waals surface area (Å²) < 4.78 is -0.351. The second kappa shape index (κ2) is 6.28. The summed E-state index contributed by atoms with van der Waals surface area (Å²) >= 11 is 1.54. The zero-order chi connectivity index (χ0) is 18.4. The number of nitrogens with zero attached hydrogens (tertiary/aromatic N) is 4. The van der Waals surface area contributed by atoms with Gasteiger partial charge in [-0.15, -0.1) is 16.9 Å². The molecular weight excluding hydrogens is 348 g/mol. The fourth-order valence-corrected chi connectivity index (χ4v) is 5.02. The third-order valence-electron chi connectivity index (χ3n) is 4.55. The van der Waals surface area contributed by atoms with Gasteiger partial charge < -0.3 is 15.3 Å². The van der Waals surface area contributed by atoms with E-state index < -0.39 is 23.8 Å². The van der Waals surface area contributed by atoms with Crippen molar-refractivity contribution in [2.75, 3.05) is 0 Å². The van der Waals surface area contributed by atoms with E-state index in [1.165, 1.54) is 11.8 Å². The molecule has 2 amide bonds. The first-order valence-electron chi connectivity index (χ1n) is 8.04. The van der Waals surface area contributed by atoms with Gasteiger partial charge in [-0.05, 0) is 30.7 Å². The molecule has 1 aromatic rings. The van der Waals surface area contributed by atoms with E-state index in [0.29, 0.717) is 12.2 Å². The number of β-lactam (4-membered cyclic amide) rings is 1. The van der Waals surface area contributed by atoms with E-state index >= 15 is 0 Å². The molecule has 0 spiro atoms. The van der Waals surface area contributed by atoms with Crippen LogP contribution in [0.3, 0.4) is 0 Å². The molecule has 25 heavy (non-hydrogen) atoms. The van der Waals surface area contributed by atoms with Gasteiger partial charge in [0.1, 0.15) is 23.4 Å². The number of rotatable bonds is 6. The quantitative estimate of drug-likeness (QED) is 0.468.